The van der Waals surface area contributed by atoms with Gasteiger partial charge in [0, 0.05) is 0 Å². The van der Waals surface area contributed by atoms with Crippen molar-refractivity contribution < 1.29 is 19.2 Å². The minimum absolute atomic E-state index is 0.346. The monoisotopic (exact) mass is 235 g/mol. The summed E-state index contributed by atoms with van der Waals surface area (Å²) in [6.07, 6.45) is 0. The van der Waals surface area contributed by atoms with Gasteiger partial charge in [-0.3, -0.25) is 4.79 Å². The van der Waals surface area contributed by atoms with Crippen molar-refractivity contribution in [3.63, 3.8) is 0 Å². The standard InChI is InChI=1S/C9H14ClNO4/c1-9(2,3)15-8(13)7(11-14-4)6(12)5-10/h5H2,1-4H3/b11-7+. The molecule has 0 aliphatic carbocycles. The van der Waals surface area contributed by atoms with Crippen LogP contribution in [0.2, 0.25) is 0 Å². The third-order valence-electron chi connectivity index (χ3n) is 1.16. The van der Waals surface area contributed by atoms with Crippen molar-refractivity contribution in [2.45, 2.75) is 26.4 Å². The Kier molecular flexibility index (Phi) is 5.28. The van der Waals surface area contributed by atoms with Gasteiger partial charge in [-0.2, -0.15) is 0 Å². The Hall–Kier alpha value is -1.10. The summed E-state index contributed by atoms with van der Waals surface area (Å²) in [6, 6.07) is 0. The molecule has 0 saturated carbocycles. The Morgan fingerprint density at radius 2 is 1.87 bits per heavy atom. The number of carbonyl (C=O) groups is 2. The van der Waals surface area contributed by atoms with E-state index in [4.69, 9.17) is 16.3 Å². The van der Waals surface area contributed by atoms with Gasteiger partial charge in [0.05, 0.1) is 5.88 Å². The van der Waals surface area contributed by atoms with Gasteiger partial charge < -0.3 is 9.57 Å². The molecule has 6 heteroatoms. The van der Waals surface area contributed by atoms with Crippen LogP contribution in [0.15, 0.2) is 5.16 Å². The lowest BCUT2D eigenvalue weighted by atomic mass is 10.2. The molecule has 0 aromatic rings. The van der Waals surface area contributed by atoms with Crippen molar-refractivity contribution in [1.82, 2.24) is 0 Å². The molecule has 0 atom stereocenters. The summed E-state index contributed by atoms with van der Waals surface area (Å²) >= 11 is 5.30. The molecule has 0 rings (SSSR count). The minimum Gasteiger partial charge on any atom is -0.455 e. The number of oxime groups is 1. The Morgan fingerprint density at radius 1 is 1.33 bits per heavy atom. The van der Waals surface area contributed by atoms with E-state index in [1.807, 2.05) is 0 Å². The third kappa shape index (κ3) is 5.37. The Labute approximate surface area is 93.4 Å². The summed E-state index contributed by atoms with van der Waals surface area (Å²) < 4.78 is 4.95. The lowest BCUT2D eigenvalue weighted by Gasteiger charge is -2.19. The van der Waals surface area contributed by atoms with E-state index in [9.17, 15) is 9.59 Å². The van der Waals surface area contributed by atoms with E-state index in [1.165, 1.54) is 7.11 Å². The first-order valence-electron chi connectivity index (χ1n) is 4.25. The summed E-state index contributed by atoms with van der Waals surface area (Å²) in [7, 11) is 1.23. The number of halogens is 1. The van der Waals surface area contributed by atoms with Crippen LogP contribution < -0.4 is 0 Å². The summed E-state index contributed by atoms with van der Waals surface area (Å²) in [5.41, 5.74) is -1.12. The van der Waals surface area contributed by atoms with E-state index in [1.54, 1.807) is 20.8 Å². The average Bonchev–Trinajstić information content (AvgIpc) is 2.10. The van der Waals surface area contributed by atoms with Gasteiger partial charge in [-0.25, -0.2) is 4.79 Å². The highest BCUT2D eigenvalue weighted by atomic mass is 35.5. The van der Waals surface area contributed by atoms with E-state index in [2.05, 4.69) is 9.99 Å². The van der Waals surface area contributed by atoms with Crippen molar-refractivity contribution in [3.8, 4) is 0 Å². The van der Waals surface area contributed by atoms with E-state index in [-0.39, 0.29) is 5.88 Å². The highest BCUT2D eigenvalue weighted by Gasteiger charge is 2.26. The molecule has 0 aromatic heterocycles. The van der Waals surface area contributed by atoms with Crippen molar-refractivity contribution >= 4 is 29.1 Å². The molecule has 0 fully saturated rings. The quantitative estimate of drug-likeness (QED) is 0.241. The maximum atomic E-state index is 11.4. The zero-order valence-electron chi connectivity index (χ0n) is 9.17. The van der Waals surface area contributed by atoms with Crippen LogP contribution in [0, 0.1) is 0 Å². The largest absolute Gasteiger partial charge is 0.455 e. The van der Waals surface area contributed by atoms with E-state index in [0.29, 0.717) is 0 Å². The summed E-state index contributed by atoms with van der Waals surface area (Å²) in [5, 5.41) is 3.29. The molecule has 0 aliphatic heterocycles. The second-order valence-electron chi connectivity index (χ2n) is 3.68. The number of esters is 1. The third-order valence-corrected chi connectivity index (χ3v) is 1.40. The molecule has 86 valence electrons. The summed E-state index contributed by atoms with van der Waals surface area (Å²) in [4.78, 5) is 27.0. The molecule has 0 spiro atoms. The smallest absolute Gasteiger partial charge is 0.364 e. The van der Waals surface area contributed by atoms with Crippen molar-refractivity contribution in [2.75, 3.05) is 13.0 Å². The Balaban J connectivity index is 4.74. The second-order valence-corrected chi connectivity index (χ2v) is 3.95. The maximum Gasteiger partial charge on any atom is 0.364 e. The molecule has 0 aromatic carbocycles. The normalized spacial score (nSPS) is 12.2. The van der Waals surface area contributed by atoms with E-state index < -0.39 is 23.1 Å². The van der Waals surface area contributed by atoms with Gasteiger partial charge in [-0.05, 0) is 20.8 Å². The van der Waals surface area contributed by atoms with Crippen molar-refractivity contribution in [3.05, 3.63) is 0 Å². The number of nitrogens with zero attached hydrogens (tertiary/aromatic N) is 1. The van der Waals surface area contributed by atoms with Gasteiger partial charge in [-0.15, -0.1) is 11.6 Å². The number of alkyl halides is 1. The molecular formula is C9H14ClNO4. The molecule has 0 amide bonds. The molecule has 15 heavy (non-hydrogen) atoms. The zero-order chi connectivity index (χ0) is 12.1. The molecule has 0 bridgehead atoms. The van der Waals surface area contributed by atoms with Gasteiger partial charge in [0.15, 0.2) is 0 Å². The maximum absolute atomic E-state index is 11.4. The first-order chi connectivity index (χ1) is 6.81. The van der Waals surface area contributed by atoms with Gasteiger partial charge in [0.1, 0.15) is 12.7 Å². The molecule has 5 nitrogen and oxygen atoms in total. The van der Waals surface area contributed by atoms with Crippen LogP contribution in [-0.2, 0) is 19.2 Å². The Morgan fingerprint density at radius 3 is 2.20 bits per heavy atom. The fraction of sp³-hybridized carbons (Fsp3) is 0.667. The van der Waals surface area contributed by atoms with Crippen molar-refractivity contribution in [1.29, 1.82) is 0 Å². The fourth-order valence-corrected chi connectivity index (χ4v) is 0.810. The summed E-state index contributed by atoms with van der Waals surface area (Å²) in [6.45, 7) is 5.04. The average molecular weight is 236 g/mol. The highest BCUT2D eigenvalue weighted by Crippen LogP contribution is 2.08. The van der Waals surface area contributed by atoms with Gasteiger partial charge >= 0.3 is 5.97 Å². The highest BCUT2D eigenvalue weighted by molar-refractivity contribution is 6.67. The number of rotatable bonds is 4. The van der Waals surface area contributed by atoms with Crippen molar-refractivity contribution in [2.24, 2.45) is 5.16 Å². The molecule has 0 aliphatic rings. The predicted molar refractivity (Wildman–Crippen MR) is 56.0 cm³/mol. The van der Waals surface area contributed by atoms with Gasteiger partial charge in [-0.1, -0.05) is 5.16 Å². The van der Waals surface area contributed by atoms with Crippen LogP contribution >= 0.6 is 11.6 Å². The topological polar surface area (TPSA) is 65.0 Å². The molecule has 0 unspecified atom stereocenters. The number of hydrogen-bond acceptors (Lipinski definition) is 5. The Bertz CT molecular complexity index is 280. The predicted octanol–water partition coefficient (Wildman–Crippen LogP) is 1.14. The molecule has 0 N–H and O–H groups in total. The zero-order valence-corrected chi connectivity index (χ0v) is 9.92. The number of ketones is 1. The van der Waals surface area contributed by atoms with Crippen LogP contribution in [-0.4, -0.2) is 36.1 Å². The lowest BCUT2D eigenvalue weighted by molar-refractivity contribution is -0.146. The van der Waals surface area contributed by atoms with E-state index in [0.717, 1.165) is 0 Å². The minimum atomic E-state index is -0.838. The van der Waals surface area contributed by atoms with Gasteiger partial charge in [0.25, 0.3) is 0 Å². The molecule has 0 radical (unpaired) electrons. The summed E-state index contributed by atoms with van der Waals surface area (Å²) in [5.74, 6) is -1.82. The number of hydrogen-bond donors (Lipinski definition) is 0. The first-order valence-corrected chi connectivity index (χ1v) is 4.79. The number of ether oxygens (including phenoxy) is 1. The molecular weight excluding hydrogens is 222 g/mol. The second kappa shape index (κ2) is 5.70. The lowest BCUT2D eigenvalue weighted by Crippen LogP contribution is -2.33. The van der Waals surface area contributed by atoms with Crippen LogP contribution in [0.3, 0.4) is 0 Å². The fourth-order valence-electron chi connectivity index (χ4n) is 0.683. The SMILES string of the molecule is CO/N=C(\C(=O)CCl)C(=O)OC(C)(C)C. The number of carbonyl (C=O) groups excluding carboxylic acids is 2. The van der Waals surface area contributed by atoms with Crippen LogP contribution in [0.1, 0.15) is 20.8 Å². The van der Waals surface area contributed by atoms with Crippen LogP contribution in [0.5, 0.6) is 0 Å². The van der Waals surface area contributed by atoms with Gasteiger partial charge in [0.2, 0.25) is 11.5 Å². The number of Topliss-reactive ketones (excluding diaryl/α,β-unsaturated/α-hetero) is 1. The van der Waals surface area contributed by atoms with Crippen LogP contribution in [0.25, 0.3) is 0 Å². The molecule has 0 saturated heterocycles. The molecule has 0 heterocycles. The first kappa shape index (κ1) is 13.9. The van der Waals surface area contributed by atoms with Crippen LogP contribution in [0.4, 0.5) is 0 Å². The van der Waals surface area contributed by atoms with E-state index >= 15 is 0 Å².